The lowest BCUT2D eigenvalue weighted by Gasteiger charge is -2.29. The van der Waals surface area contributed by atoms with Gasteiger partial charge in [0, 0.05) is 18.5 Å². The second-order valence-corrected chi connectivity index (χ2v) is 4.92. The van der Waals surface area contributed by atoms with Crippen molar-refractivity contribution in [2.45, 2.75) is 0 Å². The molecule has 1 heterocycles. The van der Waals surface area contributed by atoms with Crippen LogP contribution in [-0.2, 0) is 4.74 Å². The topological polar surface area (TPSA) is 98.8 Å². The molecule has 0 unspecified atom stereocenters. The third-order valence-corrected chi connectivity index (χ3v) is 3.69. The van der Waals surface area contributed by atoms with Crippen molar-refractivity contribution in [3.63, 3.8) is 0 Å². The molecule has 0 atom stereocenters. The van der Waals surface area contributed by atoms with Crippen LogP contribution in [0.5, 0.6) is 0 Å². The van der Waals surface area contributed by atoms with Gasteiger partial charge in [-0.2, -0.15) is 0 Å². The maximum atomic E-state index is 11.4. The van der Waals surface area contributed by atoms with Crippen molar-refractivity contribution < 1.29 is 14.6 Å². The molecule has 1 fully saturated rings. The van der Waals surface area contributed by atoms with Crippen LogP contribution in [0.3, 0.4) is 0 Å². The van der Waals surface area contributed by atoms with E-state index in [-0.39, 0.29) is 11.4 Å². The number of benzene rings is 2. The van der Waals surface area contributed by atoms with E-state index in [1.165, 1.54) is 0 Å². The number of nitro groups is 2. The fourth-order valence-corrected chi connectivity index (χ4v) is 2.74. The SMILES string of the molecule is O=[N+]([O-])c1cc([N+](=O)[O-])c2ccccc2c1N1CCOCC1. The summed E-state index contributed by atoms with van der Waals surface area (Å²) in [6, 6.07) is 7.75. The first-order valence-electron chi connectivity index (χ1n) is 6.77. The van der Waals surface area contributed by atoms with Crippen LogP contribution >= 0.6 is 0 Å². The van der Waals surface area contributed by atoms with Gasteiger partial charge in [-0.25, -0.2) is 0 Å². The third kappa shape index (κ3) is 2.33. The smallest absolute Gasteiger partial charge is 0.300 e. The highest BCUT2D eigenvalue weighted by Gasteiger charge is 2.29. The molecule has 8 nitrogen and oxygen atoms in total. The standard InChI is InChI=1S/C14H13N3O5/c18-16(19)12-9-13(17(20)21)14(15-5-7-22-8-6-15)11-4-2-1-3-10(11)12/h1-4,9H,5-8H2. The molecule has 114 valence electrons. The van der Waals surface area contributed by atoms with Gasteiger partial charge in [-0.15, -0.1) is 0 Å². The minimum atomic E-state index is -0.585. The van der Waals surface area contributed by atoms with Gasteiger partial charge >= 0.3 is 0 Å². The summed E-state index contributed by atoms with van der Waals surface area (Å²) in [4.78, 5) is 23.3. The van der Waals surface area contributed by atoms with Gasteiger partial charge in [0.2, 0.25) is 0 Å². The van der Waals surface area contributed by atoms with Crippen LogP contribution in [0.25, 0.3) is 10.8 Å². The molecule has 0 N–H and O–H groups in total. The Bertz CT molecular complexity index is 755. The second kappa shape index (κ2) is 5.57. The molecule has 2 aromatic rings. The summed E-state index contributed by atoms with van der Waals surface area (Å²) >= 11 is 0. The highest BCUT2D eigenvalue weighted by molar-refractivity contribution is 6.04. The molecule has 2 aromatic carbocycles. The summed E-state index contributed by atoms with van der Waals surface area (Å²) < 4.78 is 5.28. The molecule has 0 bridgehead atoms. The van der Waals surface area contributed by atoms with Crippen molar-refractivity contribution >= 4 is 27.8 Å². The normalized spacial score (nSPS) is 15.0. The predicted molar refractivity (Wildman–Crippen MR) is 80.3 cm³/mol. The zero-order valence-electron chi connectivity index (χ0n) is 11.6. The molecule has 0 aromatic heterocycles. The van der Waals surface area contributed by atoms with E-state index in [1.54, 1.807) is 24.3 Å². The third-order valence-electron chi connectivity index (χ3n) is 3.69. The summed E-state index contributed by atoms with van der Waals surface area (Å²) in [6.07, 6.45) is 0. The van der Waals surface area contributed by atoms with Crippen molar-refractivity contribution in [2.24, 2.45) is 0 Å². The molecule has 1 aliphatic heterocycles. The summed E-state index contributed by atoms with van der Waals surface area (Å²) in [5.74, 6) is 0. The fraction of sp³-hybridized carbons (Fsp3) is 0.286. The van der Waals surface area contributed by atoms with Crippen molar-refractivity contribution in [1.82, 2.24) is 0 Å². The summed E-state index contributed by atoms with van der Waals surface area (Å²) in [7, 11) is 0. The molecule has 0 radical (unpaired) electrons. The zero-order valence-corrected chi connectivity index (χ0v) is 11.6. The second-order valence-electron chi connectivity index (χ2n) is 4.92. The van der Waals surface area contributed by atoms with Crippen molar-refractivity contribution in [1.29, 1.82) is 0 Å². The van der Waals surface area contributed by atoms with Gasteiger partial charge in [-0.3, -0.25) is 20.2 Å². The highest BCUT2D eigenvalue weighted by atomic mass is 16.6. The quantitative estimate of drug-likeness (QED) is 0.638. The molecule has 0 saturated carbocycles. The maximum Gasteiger partial charge on any atom is 0.300 e. The van der Waals surface area contributed by atoms with E-state index in [0.717, 1.165) is 6.07 Å². The lowest BCUT2D eigenvalue weighted by Crippen LogP contribution is -2.36. The maximum absolute atomic E-state index is 11.4. The lowest BCUT2D eigenvalue weighted by atomic mass is 10.0. The fourth-order valence-electron chi connectivity index (χ4n) is 2.74. The van der Waals surface area contributed by atoms with Gasteiger partial charge in [-0.1, -0.05) is 18.2 Å². The minimum Gasteiger partial charge on any atom is -0.378 e. The van der Waals surface area contributed by atoms with E-state index in [2.05, 4.69) is 0 Å². The van der Waals surface area contributed by atoms with E-state index in [0.29, 0.717) is 42.8 Å². The molecule has 0 amide bonds. The predicted octanol–water partition coefficient (Wildman–Crippen LogP) is 2.49. The van der Waals surface area contributed by atoms with Crippen LogP contribution in [0.15, 0.2) is 30.3 Å². The molecule has 0 spiro atoms. The molecular weight excluding hydrogens is 290 g/mol. The minimum absolute atomic E-state index is 0.243. The number of morpholine rings is 1. The van der Waals surface area contributed by atoms with Crippen LogP contribution < -0.4 is 4.90 Å². The molecule has 1 saturated heterocycles. The van der Waals surface area contributed by atoms with Crippen molar-refractivity contribution in [3.05, 3.63) is 50.6 Å². The Labute approximate surface area is 125 Å². The van der Waals surface area contributed by atoms with Crippen molar-refractivity contribution in [3.8, 4) is 0 Å². The van der Waals surface area contributed by atoms with Gasteiger partial charge in [-0.05, 0) is 6.07 Å². The average molecular weight is 303 g/mol. The Morgan fingerprint density at radius 3 is 2.14 bits per heavy atom. The van der Waals surface area contributed by atoms with Gasteiger partial charge in [0.15, 0.2) is 0 Å². The van der Waals surface area contributed by atoms with Gasteiger partial charge in [0.1, 0.15) is 5.69 Å². The molecule has 1 aliphatic rings. The number of fused-ring (bicyclic) bond motifs is 1. The van der Waals surface area contributed by atoms with Gasteiger partial charge < -0.3 is 9.64 Å². The first-order valence-corrected chi connectivity index (χ1v) is 6.77. The van der Waals surface area contributed by atoms with E-state index in [1.807, 2.05) is 4.90 Å². The summed E-state index contributed by atoms with van der Waals surface area (Å²) in [5, 5.41) is 23.6. The van der Waals surface area contributed by atoms with Crippen LogP contribution in [-0.4, -0.2) is 36.1 Å². The van der Waals surface area contributed by atoms with Crippen LogP contribution in [0, 0.1) is 20.2 Å². The van der Waals surface area contributed by atoms with E-state index >= 15 is 0 Å². The van der Waals surface area contributed by atoms with Crippen LogP contribution in [0.4, 0.5) is 17.1 Å². The molecule has 0 aliphatic carbocycles. The number of ether oxygens (including phenoxy) is 1. The molecular formula is C14H13N3O5. The Hall–Kier alpha value is -2.74. The number of nitro benzene ring substituents is 2. The number of nitrogens with zero attached hydrogens (tertiary/aromatic N) is 3. The monoisotopic (exact) mass is 303 g/mol. The van der Waals surface area contributed by atoms with Gasteiger partial charge in [0.25, 0.3) is 11.4 Å². The number of rotatable bonds is 3. The first-order chi connectivity index (χ1) is 10.6. The Morgan fingerprint density at radius 1 is 0.955 bits per heavy atom. The molecule has 8 heteroatoms. The Kier molecular flexibility index (Phi) is 3.60. The van der Waals surface area contributed by atoms with E-state index < -0.39 is 9.85 Å². The molecule has 22 heavy (non-hydrogen) atoms. The number of non-ortho nitro benzene ring substituents is 1. The Balaban J connectivity index is 2.32. The zero-order chi connectivity index (χ0) is 15.7. The largest absolute Gasteiger partial charge is 0.378 e. The number of anilines is 1. The first kappa shape index (κ1) is 14.2. The molecule has 3 rings (SSSR count). The van der Waals surface area contributed by atoms with Crippen LogP contribution in [0.2, 0.25) is 0 Å². The summed E-state index contributed by atoms with van der Waals surface area (Å²) in [5.41, 5.74) is -0.0684. The summed E-state index contributed by atoms with van der Waals surface area (Å²) in [6.45, 7) is 1.98. The average Bonchev–Trinajstić information content (AvgIpc) is 2.53. The Morgan fingerprint density at radius 2 is 1.55 bits per heavy atom. The number of hydrogen-bond donors (Lipinski definition) is 0. The number of hydrogen-bond acceptors (Lipinski definition) is 6. The van der Waals surface area contributed by atoms with E-state index in [9.17, 15) is 20.2 Å². The lowest BCUT2D eigenvalue weighted by molar-refractivity contribution is -0.392. The van der Waals surface area contributed by atoms with Gasteiger partial charge in [0.05, 0.1) is 34.5 Å². The van der Waals surface area contributed by atoms with Crippen molar-refractivity contribution in [2.75, 3.05) is 31.2 Å². The van der Waals surface area contributed by atoms with Crippen LogP contribution in [0.1, 0.15) is 0 Å². The van der Waals surface area contributed by atoms with E-state index in [4.69, 9.17) is 4.74 Å². The highest BCUT2D eigenvalue weighted by Crippen LogP contribution is 2.41.